The fourth-order valence-corrected chi connectivity index (χ4v) is 4.86. The van der Waals surface area contributed by atoms with Crippen LogP contribution in [0.5, 0.6) is 0 Å². The molecule has 0 bridgehead atoms. The lowest BCUT2D eigenvalue weighted by molar-refractivity contribution is -0.0356. The highest BCUT2D eigenvalue weighted by molar-refractivity contribution is 7.93. The maximum Gasteiger partial charge on any atom is 0.410 e. The number of aliphatic hydroxyl groups is 1. The van der Waals surface area contributed by atoms with E-state index in [2.05, 4.69) is 9.71 Å². The summed E-state index contributed by atoms with van der Waals surface area (Å²) in [6, 6.07) is 6.14. The number of hydrogen-bond donors (Lipinski definition) is 2. The number of carbonyl (C=O) groups is 1. The van der Waals surface area contributed by atoms with E-state index in [1.54, 1.807) is 22.4 Å². The molecule has 158 valence electrons. The number of aromatic nitrogens is 1. The minimum atomic E-state index is -3.74. The number of ether oxygens (including phenoxy) is 1. The molecule has 1 aromatic carbocycles. The summed E-state index contributed by atoms with van der Waals surface area (Å²) in [6.07, 6.45) is 1.81. The molecule has 0 spiro atoms. The normalized spacial score (nSPS) is 17.0. The molecule has 3 rings (SSSR count). The zero-order chi connectivity index (χ0) is 21.3. The van der Waals surface area contributed by atoms with Crippen LogP contribution in [0, 0.1) is 0 Å². The molecule has 2 aromatic rings. The number of carbonyl (C=O) groups excluding carboxylic acids is 1. The largest absolute Gasteiger partial charge is 0.444 e. The van der Waals surface area contributed by atoms with Crippen LogP contribution in [0.2, 0.25) is 0 Å². The Morgan fingerprint density at radius 2 is 1.86 bits per heavy atom. The molecule has 1 fully saturated rings. The van der Waals surface area contributed by atoms with E-state index in [0.717, 1.165) is 0 Å². The molecule has 0 unspecified atom stereocenters. The van der Waals surface area contributed by atoms with Crippen molar-refractivity contribution in [2.24, 2.45) is 0 Å². The first-order valence-electron chi connectivity index (χ1n) is 9.22. The van der Waals surface area contributed by atoms with Gasteiger partial charge < -0.3 is 14.7 Å². The summed E-state index contributed by atoms with van der Waals surface area (Å²) in [7, 11) is -3.74. The molecule has 0 aliphatic carbocycles. The van der Waals surface area contributed by atoms with Crippen molar-refractivity contribution in [2.75, 3.05) is 17.8 Å². The number of nitrogens with one attached hydrogen (secondary N) is 1. The first-order valence-corrected chi connectivity index (χ1v) is 11.6. The first kappa shape index (κ1) is 21.5. The zero-order valence-electron chi connectivity index (χ0n) is 16.6. The van der Waals surface area contributed by atoms with E-state index >= 15 is 0 Å². The van der Waals surface area contributed by atoms with Gasteiger partial charge in [-0.3, -0.25) is 4.72 Å². The Morgan fingerprint density at radius 1 is 1.24 bits per heavy atom. The second-order valence-corrected chi connectivity index (χ2v) is 10.5. The molecule has 0 saturated carbocycles. The van der Waals surface area contributed by atoms with Gasteiger partial charge in [0.05, 0.1) is 10.5 Å². The smallest absolute Gasteiger partial charge is 0.410 e. The van der Waals surface area contributed by atoms with Gasteiger partial charge in [0.25, 0.3) is 10.0 Å². The van der Waals surface area contributed by atoms with Gasteiger partial charge in [-0.1, -0.05) is 12.1 Å². The number of sulfonamides is 1. The Labute approximate surface area is 174 Å². The van der Waals surface area contributed by atoms with Crippen LogP contribution in [-0.2, 0) is 20.4 Å². The molecule has 10 heteroatoms. The summed E-state index contributed by atoms with van der Waals surface area (Å²) in [6.45, 7) is 6.15. The second-order valence-electron chi connectivity index (χ2n) is 7.97. The van der Waals surface area contributed by atoms with Crippen LogP contribution in [0.1, 0.15) is 39.2 Å². The molecule has 1 saturated heterocycles. The molecule has 1 aliphatic heterocycles. The van der Waals surface area contributed by atoms with E-state index in [-0.39, 0.29) is 4.90 Å². The van der Waals surface area contributed by atoms with Crippen LogP contribution < -0.4 is 4.72 Å². The van der Waals surface area contributed by atoms with Crippen LogP contribution in [0.4, 0.5) is 9.93 Å². The number of thiazole rings is 1. The van der Waals surface area contributed by atoms with Crippen molar-refractivity contribution in [2.45, 2.75) is 49.7 Å². The molecule has 2 N–H and O–H groups in total. The minimum Gasteiger partial charge on any atom is -0.444 e. The maximum absolute atomic E-state index is 12.4. The standard InChI is InChI=1S/C19H25N3O5S2/c1-18(2,3)27-17(23)22-11-8-19(24,9-12-22)14-4-6-15(7-5-14)29(25,26)21-16-20-10-13-28-16/h4-7,10,13,24H,8-9,11-12H2,1-3H3,(H,20,21). The zero-order valence-corrected chi connectivity index (χ0v) is 18.2. The summed E-state index contributed by atoms with van der Waals surface area (Å²) >= 11 is 1.19. The third kappa shape index (κ3) is 5.26. The molecule has 2 heterocycles. The number of anilines is 1. The number of rotatable bonds is 4. The van der Waals surface area contributed by atoms with Gasteiger partial charge in [0, 0.05) is 24.7 Å². The molecule has 1 amide bonds. The molecular formula is C19H25N3O5S2. The third-order valence-corrected chi connectivity index (χ3v) is 6.77. The number of likely N-dealkylation sites (tertiary alicyclic amines) is 1. The number of benzene rings is 1. The Bertz CT molecular complexity index is 943. The predicted octanol–water partition coefficient (Wildman–Crippen LogP) is 3.16. The van der Waals surface area contributed by atoms with Crippen LogP contribution in [0.25, 0.3) is 0 Å². The lowest BCUT2D eigenvalue weighted by atomic mass is 9.84. The van der Waals surface area contributed by atoms with Crippen molar-refractivity contribution < 1.29 is 23.1 Å². The number of hydrogen-bond acceptors (Lipinski definition) is 7. The van der Waals surface area contributed by atoms with E-state index in [1.165, 1.54) is 29.7 Å². The van der Waals surface area contributed by atoms with Gasteiger partial charge in [-0.05, 0) is 51.3 Å². The van der Waals surface area contributed by atoms with Crippen molar-refractivity contribution in [3.05, 3.63) is 41.4 Å². The lowest BCUT2D eigenvalue weighted by Crippen LogP contribution is -2.46. The second kappa shape index (κ2) is 7.92. The summed E-state index contributed by atoms with van der Waals surface area (Å²) in [4.78, 5) is 17.8. The summed E-state index contributed by atoms with van der Waals surface area (Å²) in [5.41, 5.74) is -1.07. The van der Waals surface area contributed by atoms with Crippen molar-refractivity contribution in [1.82, 2.24) is 9.88 Å². The average molecular weight is 440 g/mol. The first-order chi connectivity index (χ1) is 13.5. The van der Waals surface area contributed by atoms with Crippen LogP contribution in [0.15, 0.2) is 40.7 Å². The van der Waals surface area contributed by atoms with E-state index < -0.39 is 27.3 Å². The molecule has 29 heavy (non-hydrogen) atoms. The highest BCUT2D eigenvalue weighted by Gasteiger charge is 2.36. The molecule has 1 aliphatic rings. The summed E-state index contributed by atoms with van der Waals surface area (Å²) < 4.78 is 32.7. The van der Waals surface area contributed by atoms with E-state index in [9.17, 15) is 18.3 Å². The van der Waals surface area contributed by atoms with Gasteiger partial charge in [-0.15, -0.1) is 11.3 Å². The number of nitrogens with zero attached hydrogens (tertiary/aromatic N) is 2. The quantitative estimate of drug-likeness (QED) is 0.757. The third-order valence-electron chi connectivity index (χ3n) is 4.60. The minimum absolute atomic E-state index is 0.0891. The average Bonchev–Trinajstić information content (AvgIpc) is 3.13. The number of amides is 1. The molecule has 0 radical (unpaired) electrons. The van der Waals surface area contributed by atoms with Crippen molar-refractivity contribution in [1.29, 1.82) is 0 Å². The van der Waals surface area contributed by atoms with Crippen LogP contribution in [0.3, 0.4) is 0 Å². The fraction of sp³-hybridized carbons (Fsp3) is 0.474. The molecule has 0 atom stereocenters. The molecule has 8 nitrogen and oxygen atoms in total. The van der Waals surface area contributed by atoms with Crippen LogP contribution >= 0.6 is 11.3 Å². The topological polar surface area (TPSA) is 109 Å². The van der Waals surface area contributed by atoms with Crippen LogP contribution in [-0.4, -0.2) is 48.2 Å². The van der Waals surface area contributed by atoms with Gasteiger partial charge in [0.2, 0.25) is 0 Å². The molecule has 1 aromatic heterocycles. The van der Waals surface area contributed by atoms with Crippen molar-refractivity contribution >= 4 is 32.6 Å². The fourth-order valence-electron chi connectivity index (χ4n) is 3.07. The Balaban J connectivity index is 1.66. The van der Waals surface area contributed by atoms with E-state index in [0.29, 0.717) is 36.6 Å². The molecular weight excluding hydrogens is 414 g/mol. The Morgan fingerprint density at radius 3 is 2.38 bits per heavy atom. The monoisotopic (exact) mass is 439 g/mol. The van der Waals surface area contributed by atoms with Crippen molar-refractivity contribution in [3.8, 4) is 0 Å². The van der Waals surface area contributed by atoms with Gasteiger partial charge in [-0.2, -0.15) is 0 Å². The van der Waals surface area contributed by atoms with Gasteiger partial charge in [0.15, 0.2) is 5.13 Å². The van der Waals surface area contributed by atoms with E-state index in [1.807, 2.05) is 20.8 Å². The van der Waals surface area contributed by atoms with Gasteiger partial charge in [0.1, 0.15) is 5.60 Å². The Hall–Kier alpha value is -2.17. The van der Waals surface area contributed by atoms with E-state index in [4.69, 9.17) is 4.74 Å². The van der Waals surface area contributed by atoms with Gasteiger partial charge in [-0.25, -0.2) is 18.2 Å². The predicted molar refractivity (Wildman–Crippen MR) is 110 cm³/mol. The van der Waals surface area contributed by atoms with Crippen molar-refractivity contribution in [3.63, 3.8) is 0 Å². The highest BCUT2D eigenvalue weighted by Crippen LogP contribution is 2.34. The summed E-state index contributed by atoms with van der Waals surface area (Å²) in [5.74, 6) is 0. The maximum atomic E-state index is 12.4. The highest BCUT2D eigenvalue weighted by atomic mass is 32.2. The Kier molecular flexibility index (Phi) is 5.88. The SMILES string of the molecule is CC(C)(C)OC(=O)N1CCC(O)(c2ccc(S(=O)(=O)Nc3nccs3)cc2)CC1. The summed E-state index contributed by atoms with van der Waals surface area (Å²) in [5, 5.41) is 13.0. The van der Waals surface area contributed by atoms with Gasteiger partial charge >= 0.3 is 6.09 Å². The number of piperidine rings is 1. The lowest BCUT2D eigenvalue weighted by Gasteiger charge is -2.39.